The Morgan fingerprint density at radius 3 is 2.73 bits per heavy atom. The predicted octanol–water partition coefficient (Wildman–Crippen LogP) is 1.39. The van der Waals surface area contributed by atoms with Crippen molar-refractivity contribution in [1.29, 1.82) is 0 Å². The molecule has 1 aromatic heterocycles. The van der Waals surface area contributed by atoms with Crippen molar-refractivity contribution in [2.75, 3.05) is 13.1 Å². The fourth-order valence-electron chi connectivity index (χ4n) is 2.93. The lowest BCUT2D eigenvalue weighted by Gasteiger charge is -2.19. The Kier molecular flexibility index (Phi) is 3.94. The number of carbonyl (C=O) groups excluding carboxylic acids is 1. The maximum atomic E-state index is 12.6. The van der Waals surface area contributed by atoms with E-state index >= 15 is 0 Å². The largest absolute Gasteiger partial charge is 0.334 e. The van der Waals surface area contributed by atoms with Gasteiger partial charge in [-0.05, 0) is 44.9 Å². The van der Waals surface area contributed by atoms with E-state index in [2.05, 4.69) is 17.2 Å². The van der Waals surface area contributed by atoms with E-state index in [-0.39, 0.29) is 11.9 Å². The zero-order valence-corrected chi connectivity index (χ0v) is 12.9. The molecule has 116 valence electrons. The fraction of sp³-hybridized carbons (Fsp3) is 0.438. The Morgan fingerprint density at radius 2 is 2.09 bits per heavy atom. The molecule has 1 aliphatic rings. The first-order chi connectivity index (χ1) is 10.6. The molecule has 2 N–H and O–H groups in total. The summed E-state index contributed by atoms with van der Waals surface area (Å²) in [5, 5.41) is 8.10. The Labute approximate surface area is 129 Å². The highest BCUT2D eigenvalue weighted by atomic mass is 16.2. The van der Waals surface area contributed by atoms with Crippen LogP contribution in [0.1, 0.15) is 29.4 Å². The van der Waals surface area contributed by atoms with Crippen molar-refractivity contribution in [3.63, 3.8) is 0 Å². The zero-order chi connectivity index (χ0) is 15.7. The number of rotatable bonds is 3. The molecule has 6 nitrogen and oxygen atoms in total. The molecule has 6 heteroatoms. The van der Waals surface area contributed by atoms with Crippen molar-refractivity contribution in [1.82, 2.24) is 19.9 Å². The summed E-state index contributed by atoms with van der Waals surface area (Å²) in [7, 11) is 0. The number of benzene rings is 1. The van der Waals surface area contributed by atoms with Crippen LogP contribution in [0.5, 0.6) is 0 Å². The van der Waals surface area contributed by atoms with Gasteiger partial charge >= 0.3 is 0 Å². The highest BCUT2D eigenvalue weighted by molar-refractivity contribution is 5.92. The summed E-state index contributed by atoms with van der Waals surface area (Å²) in [5.41, 5.74) is 8.17. The van der Waals surface area contributed by atoms with Crippen molar-refractivity contribution in [3.05, 3.63) is 41.7 Å². The molecule has 2 heterocycles. The minimum atomic E-state index is -0.0678. The molecule has 0 spiro atoms. The summed E-state index contributed by atoms with van der Waals surface area (Å²) < 4.78 is 1.63. The highest BCUT2D eigenvalue weighted by Crippen LogP contribution is 2.23. The number of nitrogens with two attached hydrogens (primary N) is 1. The molecular formula is C16H21N5O. The van der Waals surface area contributed by atoms with Crippen molar-refractivity contribution < 1.29 is 4.79 Å². The average Bonchev–Trinajstić information content (AvgIpc) is 3.14. The first-order valence-corrected chi connectivity index (χ1v) is 7.59. The van der Waals surface area contributed by atoms with Crippen molar-refractivity contribution in [2.45, 2.75) is 26.3 Å². The molecule has 2 aromatic rings. The molecule has 1 saturated heterocycles. The van der Waals surface area contributed by atoms with Gasteiger partial charge in [0.15, 0.2) is 5.69 Å². The number of aromatic nitrogens is 3. The minimum absolute atomic E-state index is 0.0678. The molecule has 0 saturated carbocycles. The number of nitrogens with zero attached hydrogens (tertiary/aromatic N) is 4. The number of aryl methyl sites for hydroxylation is 1. The van der Waals surface area contributed by atoms with Gasteiger partial charge in [-0.3, -0.25) is 4.79 Å². The first-order valence-electron chi connectivity index (χ1n) is 7.59. The number of amides is 1. The van der Waals surface area contributed by atoms with Crippen LogP contribution in [-0.2, 0) is 0 Å². The molecule has 1 aliphatic heterocycles. The van der Waals surface area contributed by atoms with E-state index in [4.69, 9.17) is 5.73 Å². The van der Waals surface area contributed by atoms with Gasteiger partial charge in [-0.1, -0.05) is 22.9 Å². The van der Waals surface area contributed by atoms with Gasteiger partial charge in [0.1, 0.15) is 0 Å². The molecule has 0 aliphatic carbocycles. The lowest BCUT2D eigenvalue weighted by atomic mass is 10.1. The van der Waals surface area contributed by atoms with Gasteiger partial charge in [0.25, 0.3) is 5.91 Å². The number of carbonyl (C=O) groups is 1. The smallest absolute Gasteiger partial charge is 0.276 e. The molecular weight excluding hydrogens is 278 g/mol. The number of likely N-dealkylation sites (tertiary alicyclic amines) is 1. The number of hydrogen-bond donors (Lipinski definition) is 1. The Bertz CT molecular complexity index is 663. The van der Waals surface area contributed by atoms with E-state index in [1.807, 2.05) is 36.1 Å². The van der Waals surface area contributed by atoms with Gasteiger partial charge in [0.2, 0.25) is 0 Å². The van der Waals surface area contributed by atoms with Crippen LogP contribution in [0, 0.1) is 12.8 Å². The van der Waals surface area contributed by atoms with Crippen molar-refractivity contribution in [2.24, 2.45) is 11.7 Å². The Morgan fingerprint density at radius 1 is 1.36 bits per heavy atom. The van der Waals surface area contributed by atoms with Gasteiger partial charge in [-0.15, -0.1) is 5.10 Å². The van der Waals surface area contributed by atoms with E-state index in [9.17, 15) is 4.79 Å². The van der Waals surface area contributed by atoms with Gasteiger partial charge in [0, 0.05) is 12.6 Å². The summed E-state index contributed by atoms with van der Waals surface area (Å²) in [4.78, 5) is 14.4. The molecule has 1 fully saturated rings. The maximum absolute atomic E-state index is 12.6. The monoisotopic (exact) mass is 299 g/mol. The molecule has 2 unspecified atom stereocenters. The van der Waals surface area contributed by atoms with E-state index in [0.29, 0.717) is 24.7 Å². The highest BCUT2D eigenvalue weighted by Gasteiger charge is 2.33. The second-order valence-corrected chi connectivity index (χ2v) is 6.03. The SMILES string of the molecule is Cc1ccc(-n2cc(C(=O)N3CC(CN)CC3C)nn2)cc1. The van der Waals surface area contributed by atoms with Gasteiger partial charge < -0.3 is 10.6 Å². The normalized spacial score (nSPS) is 21.3. The molecule has 2 atom stereocenters. The van der Waals surface area contributed by atoms with Crippen LogP contribution in [0.4, 0.5) is 0 Å². The van der Waals surface area contributed by atoms with E-state index in [1.165, 1.54) is 5.56 Å². The summed E-state index contributed by atoms with van der Waals surface area (Å²) in [6, 6.07) is 8.13. The first kappa shape index (κ1) is 14.7. The molecule has 22 heavy (non-hydrogen) atoms. The third-order valence-electron chi connectivity index (χ3n) is 4.27. The molecule has 0 radical (unpaired) electrons. The maximum Gasteiger partial charge on any atom is 0.276 e. The van der Waals surface area contributed by atoms with Gasteiger partial charge in [0.05, 0.1) is 11.9 Å². The zero-order valence-electron chi connectivity index (χ0n) is 12.9. The molecule has 1 aromatic carbocycles. The summed E-state index contributed by atoms with van der Waals surface area (Å²) in [6.45, 7) is 5.40. The van der Waals surface area contributed by atoms with Crippen molar-refractivity contribution in [3.8, 4) is 5.69 Å². The van der Waals surface area contributed by atoms with E-state index in [0.717, 1.165) is 12.1 Å². The van der Waals surface area contributed by atoms with Crippen LogP contribution in [0.15, 0.2) is 30.5 Å². The third kappa shape index (κ3) is 2.74. The molecule has 1 amide bonds. The Hall–Kier alpha value is -2.21. The third-order valence-corrected chi connectivity index (χ3v) is 4.27. The topological polar surface area (TPSA) is 77.0 Å². The Balaban J connectivity index is 1.79. The van der Waals surface area contributed by atoms with Crippen LogP contribution in [0.2, 0.25) is 0 Å². The summed E-state index contributed by atoms with van der Waals surface area (Å²) in [6.07, 6.45) is 2.64. The molecule has 3 rings (SSSR count). The summed E-state index contributed by atoms with van der Waals surface area (Å²) in [5.74, 6) is 0.313. The van der Waals surface area contributed by atoms with Crippen LogP contribution < -0.4 is 5.73 Å². The van der Waals surface area contributed by atoms with Crippen LogP contribution in [0.25, 0.3) is 5.69 Å². The quantitative estimate of drug-likeness (QED) is 0.929. The van der Waals surface area contributed by atoms with Gasteiger partial charge in [-0.25, -0.2) is 4.68 Å². The van der Waals surface area contributed by atoms with Crippen molar-refractivity contribution >= 4 is 5.91 Å². The minimum Gasteiger partial charge on any atom is -0.334 e. The fourth-order valence-corrected chi connectivity index (χ4v) is 2.93. The van der Waals surface area contributed by atoms with Crippen LogP contribution in [-0.4, -0.2) is 44.9 Å². The van der Waals surface area contributed by atoms with E-state index in [1.54, 1.807) is 10.9 Å². The second-order valence-electron chi connectivity index (χ2n) is 6.03. The summed E-state index contributed by atoms with van der Waals surface area (Å²) >= 11 is 0. The average molecular weight is 299 g/mol. The number of hydrogen-bond acceptors (Lipinski definition) is 4. The lowest BCUT2D eigenvalue weighted by Crippen LogP contribution is -2.34. The molecule has 0 bridgehead atoms. The van der Waals surface area contributed by atoms with Crippen LogP contribution in [0.3, 0.4) is 0 Å². The predicted molar refractivity (Wildman–Crippen MR) is 83.8 cm³/mol. The van der Waals surface area contributed by atoms with Gasteiger partial charge in [-0.2, -0.15) is 0 Å². The van der Waals surface area contributed by atoms with E-state index < -0.39 is 0 Å². The standard InChI is InChI=1S/C16H21N5O/c1-11-3-5-14(6-4-11)21-10-15(18-19-21)16(22)20-9-13(8-17)7-12(20)2/h3-6,10,12-13H,7-9,17H2,1-2H3. The second kappa shape index (κ2) is 5.88. The lowest BCUT2D eigenvalue weighted by molar-refractivity contribution is 0.0737. The van der Waals surface area contributed by atoms with Crippen LogP contribution >= 0.6 is 0 Å².